The molecule has 22 heavy (non-hydrogen) atoms. The molecule has 0 aliphatic heterocycles. The van der Waals surface area contributed by atoms with Crippen LogP contribution in [0, 0.1) is 0 Å². The van der Waals surface area contributed by atoms with E-state index in [1.54, 1.807) is 20.2 Å². The molecular formula is C15H19N3O3S. The second-order valence-corrected chi connectivity index (χ2v) is 5.11. The molecule has 0 atom stereocenters. The lowest BCUT2D eigenvalue weighted by atomic mass is 10.2. The third-order valence-electron chi connectivity index (χ3n) is 3.02. The molecule has 7 heteroatoms. The molecule has 1 heterocycles. The van der Waals surface area contributed by atoms with E-state index in [4.69, 9.17) is 21.4 Å². The Hall–Kier alpha value is -2.12. The summed E-state index contributed by atoms with van der Waals surface area (Å²) in [6.45, 7) is 1.34. The number of amides is 1. The van der Waals surface area contributed by atoms with Crippen LogP contribution in [0.5, 0.6) is 0 Å². The van der Waals surface area contributed by atoms with Crippen molar-refractivity contribution in [2.45, 2.75) is 6.42 Å². The fourth-order valence-electron chi connectivity index (χ4n) is 1.88. The van der Waals surface area contributed by atoms with Crippen molar-refractivity contribution in [3.63, 3.8) is 0 Å². The maximum Gasteiger partial charge on any atom is 0.305 e. The Morgan fingerprint density at radius 3 is 2.91 bits per heavy atom. The lowest BCUT2D eigenvalue weighted by Crippen LogP contribution is -2.48. The minimum absolute atomic E-state index is 0.246. The summed E-state index contributed by atoms with van der Waals surface area (Å²) < 4.78 is 10.5. The summed E-state index contributed by atoms with van der Waals surface area (Å²) in [5, 5.41) is 5.80. The summed E-state index contributed by atoms with van der Waals surface area (Å²) in [4.78, 5) is 12.2. The normalized spacial score (nSPS) is 10.5. The number of thiocarbonyl (C=S) groups is 1. The van der Waals surface area contributed by atoms with Gasteiger partial charge in [-0.2, -0.15) is 0 Å². The molecule has 2 rings (SSSR count). The molecule has 1 aromatic carbocycles. The minimum Gasteiger partial charge on any atom is -0.451 e. The van der Waals surface area contributed by atoms with E-state index in [0.717, 1.165) is 11.8 Å². The van der Waals surface area contributed by atoms with Gasteiger partial charge in [-0.3, -0.25) is 15.2 Å². The number of para-hydroxylation sites is 1. The first-order valence-electron chi connectivity index (χ1n) is 6.92. The number of furan rings is 1. The van der Waals surface area contributed by atoms with Gasteiger partial charge in [-0.1, -0.05) is 18.2 Å². The number of nitrogens with one attached hydrogen (secondary N) is 2. The molecular weight excluding hydrogens is 302 g/mol. The summed E-state index contributed by atoms with van der Waals surface area (Å²) in [5.74, 6) is -0.102. The Kier molecular flexibility index (Phi) is 5.74. The van der Waals surface area contributed by atoms with Crippen molar-refractivity contribution < 1.29 is 13.9 Å². The van der Waals surface area contributed by atoms with Crippen LogP contribution in [0.2, 0.25) is 0 Å². The molecule has 0 aliphatic rings. The first-order chi connectivity index (χ1) is 10.6. The Labute approximate surface area is 134 Å². The highest BCUT2D eigenvalue weighted by Crippen LogP contribution is 2.18. The smallest absolute Gasteiger partial charge is 0.305 e. The summed E-state index contributed by atoms with van der Waals surface area (Å²) in [6, 6.07) is 9.16. The summed E-state index contributed by atoms with van der Waals surface area (Å²) >= 11 is 5.19. The van der Waals surface area contributed by atoms with E-state index in [1.165, 1.54) is 5.01 Å². The molecule has 0 unspecified atom stereocenters. The fraction of sp³-hybridized carbons (Fsp3) is 0.333. The quantitative estimate of drug-likeness (QED) is 0.498. The van der Waals surface area contributed by atoms with E-state index in [2.05, 4.69) is 10.7 Å². The SMILES string of the molecule is COCCCNC(=S)N(C)NC(=O)c1cc2ccccc2o1. The van der Waals surface area contributed by atoms with E-state index in [-0.39, 0.29) is 11.7 Å². The lowest BCUT2D eigenvalue weighted by Gasteiger charge is -2.21. The number of rotatable bonds is 5. The van der Waals surface area contributed by atoms with Gasteiger partial charge in [-0.15, -0.1) is 0 Å². The zero-order valence-corrected chi connectivity index (χ0v) is 13.4. The van der Waals surface area contributed by atoms with Gasteiger partial charge in [0.25, 0.3) is 0 Å². The number of carbonyl (C=O) groups excluding carboxylic acids is 1. The second kappa shape index (κ2) is 7.77. The maximum absolute atomic E-state index is 12.2. The Bertz CT molecular complexity index is 623. The Morgan fingerprint density at radius 1 is 1.41 bits per heavy atom. The van der Waals surface area contributed by atoms with Crippen LogP contribution < -0.4 is 10.7 Å². The molecule has 0 aliphatic carbocycles. The molecule has 0 bridgehead atoms. The molecule has 0 saturated heterocycles. The van der Waals surface area contributed by atoms with Crippen molar-refractivity contribution >= 4 is 34.2 Å². The maximum atomic E-state index is 12.2. The number of hydrogen-bond donors (Lipinski definition) is 2. The first kappa shape index (κ1) is 16.3. The molecule has 0 saturated carbocycles. The van der Waals surface area contributed by atoms with Crippen LogP contribution in [0.25, 0.3) is 11.0 Å². The van der Waals surface area contributed by atoms with Crippen molar-refractivity contribution in [1.82, 2.24) is 15.8 Å². The molecule has 1 amide bonds. The van der Waals surface area contributed by atoms with Gasteiger partial charge in [0.15, 0.2) is 10.9 Å². The molecule has 2 N–H and O–H groups in total. The van der Waals surface area contributed by atoms with Gasteiger partial charge >= 0.3 is 5.91 Å². The highest BCUT2D eigenvalue weighted by molar-refractivity contribution is 7.80. The zero-order chi connectivity index (χ0) is 15.9. The standard InChI is InChI=1S/C15H19N3O3S/c1-18(15(22)16-8-5-9-20-2)17-14(19)13-10-11-6-3-4-7-12(11)21-13/h3-4,6-7,10H,5,8-9H2,1-2H3,(H,16,22)(H,17,19). The summed E-state index contributed by atoms with van der Waals surface area (Å²) in [7, 11) is 3.32. The van der Waals surface area contributed by atoms with Crippen LogP contribution in [-0.2, 0) is 4.74 Å². The molecule has 6 nitrogen and oxygen atoms in total. The number of hydrogen-bond acceptors (Lipinski definition) is 4. The number of ether oxygens (including phenoxy) is 1. The third kappa shape index (κ3) is 4.19. The van der Waals surface area contributed by atoms with Gasteiger partial charge in [0.2, 0.25) is 0 Å². The van der Waals surface area contributed by atoms with Crippen LogP contribution in [-0.4, -0.2) is 43.3 Å². The topological polar surface area (TPSA) is 66.7 Å². The molecule has 0 spiro atoms. The summed E-state index contributed by atoms with van der Waals surface area (Å²) in [5.41, 5.74) is 3.34. The van der Waals surface area contributed by atoms with Crippen LogP contribution in [0.4, 0.5) is 0 Å². The number of benzene rings is 1. The van der Waals surface area contributed by atoms with Gasteiger partial charge < -0.3 is 14.5 Å². The third-order valence-corrected chi connectivity index (χ3v) is 3.44. The Balaban J connectivity index is 1.89. The Morgan fingerprint density at radius 2 is 2.18 bits per heavy atom. The van der Waals surface area contributed by atoms with Crippen LogP contribution in [0.15, 0.2) is 34.7 Å². The molecule has 2 aromatic rings. The number of fused-ring (bicyclic) bond motifs is 1. The zero-order valence-electron chi connectivity index (χ0n) is 12.6. The largest absolute Gasteiger partial charge is 0.451 e. The van der Waals surface area contributed by atoms with E-state index in [0.29, 0.717) is 23.8 Å². The second-order valence-electron chi connectivity index (χ2n) is 4.73. The average molecular weight is 321 g/mol. The van der Waals surface area contributed by atoms with Gasteiger partial charge in [-0.25, -0.2) is 0 Å². The highest BCUT2D eigenvalue weighted by Gasteiger charge is 2.14. The van der Waals surface area contributed by atoms with Gasteiger partial charge in [-0.05, 0) is 30.8 Å². The molecule has 118 valence electrons. The lowest BCUT2D eigenvalue weighted by molar-refractivity contribution is 0.0859. The number of hydrazine groups is 1. The number of nitrogens with zero attached hydrogens (tertiary/aromatic N) is 1. The molecule has 0 fully saturated rings. The first-order valence-corrected chi connectivity index (χ1v) is 7.32. The highest BCUT2D eigenvalue weighted by atomic mass is 32.1. The van der Waals surface area contributed by atoms with Gasteiger partial charge in [0, 0.05) is 32.7 Å². The predicted molar refractivity (Wildman–Crippen MR) is 88.5 cm³/mol. The van der Waals surface area contributed by atoms with E-state index < -0.39 is 0 Å². The molecule has 1 aromatic heterocycles. The fourth-order valence-corrected chi connectivity index (χ4v) is 2.03. The van der Waals surface area contributed by atoms with Crippen LogP contribution >= 0.6 is 12.2 Å². The van der Waals surface area contributed by atoms with Crippen LogP contribution in [0.3, 0.4) is 0 Å². The average Bonchev–Trinajstić information content (AvgIpc) is 2.95. The van der Waals surface area contributed by atoms with Crippen molar-refractivity contribution in [3.05, 3.63) is 36.1 Å². The van der Waals surface area contributed by atoms with Gasteiger partial charge in [0.1, 0.15) is 5.58 Å². The monoisotopic (exact) mass is 321 g/mol. The summed E-state index contributed by atoms with van der Waals surface area (Å²) in [6.07, 6.45) is 0.835. The molecule has 0 radical (unpaired) electrons. The van der Waals surface area contributed by atoms with E-state index >= 15 is 0 Å². The van der Waals surface area contributed by atoms with Crippen molar-refractivity contribution in [1.29, 1.82) is 0 Å². The minimum atomic E-state index is -0.347. The number of carbonyl (C=O) groups is 1. The van der Waals surface area contributed by atoms with Crippen molar-refractivity contribution in [2.24, 2.45) is 0 Å². The van der Waals surface area contributed by atoms with Crippen molar-refractivity contribution in [3.8, 4) is 0 Å². The predicted octanol–water partition coefficient (Wildman–Crippen LogP) is 1.92. The van der Waals surface area contributed by atoms with E-state index in [9.17, 15) is 4.79 Å². The van der Waals surface area contributed by atoms with Gasteiger partial charge in [0.05, 0.1) is 0 Å². The number of methoxy groups -OCH3 is 1. The van der Waals surface area contributed by atoms with Crippen LogP contribution in [0.1, 0.15) is 17.0 Å². The van der Waals surface area contributed by atoms with E-state index in [1.807, 2.05) is 24.3 Å². The van der Waals surface area contributed by atoms with Crippen molar-refractivity contribution in [2.75, 3.05) is 27.3 Å².